The third-order valence-corrected chi connectivity index (χ3v) is 1.74. The SMILES string of the molecule is O=C(I)/C=C/c1ccc(F)c(O)c1. The van der Waals surface area contributed by atoms with Crippen LogP contribution in [0.5, 0.6) is 5.75 Å². The van der Waals surface area contributed by atoms with Crippen LogP contribution in [-0.4, -0.2) is 8.90 Å². The molecule has 13 heavy (non-hydrogen) atoms. The summed E-state index contributed by atoms with van der Waals surface area (Å²) in [5.74, 6) is -1.08. The summed E-state index contributed by atoms with van der Waals surface area (Å²) in [6, 6.07) is 3.88. The van der Waals surface area contributed by atoms with Crippen molar-refractivity contribution in [3.63, 3.8) is 0 Å². The molecule has 0 aliphatic heterocycles. The van der Waals surface area contributed by atoms with Crippen LogP contribution in [0.15, 0.2) is 24.3 Å². The van der Waals surface area contributed by atoms with Crippen LogP contribution in [0, 0.1) is 5.82 Å². The molecule has 1 aromatic rings. The predicted octanol–water partition coefficient (Wildman–Crippen LogP) is 2.51. The van der Waals surface area contributed by atoms with E-state index in [1.165, 1.54) is 24.3 Å². The van der Waals surface area contributed by atoms with E-state index < -0.39 is 11.6 Å². The molecule has 68 valence electrons. The van der Waals surface area contributed by atoms with Crippen LogP contribution >= 0.6 is 22.6 Å². The number of hydrogen-bond acceptors (Lipinski definition) is 2. The third kappa shape index (κ3) is 3.14. The fourth-order valence-corrected chi connectivity index (χ4v) is 0.975. The van der Waals surface area contributed by atoms with Crippen LogP contribution in [0.25, 0.3) is 6.08 Å². The summed E-state index contributed by atoms with van der Waals surface area (Å²) in [5.41, 5.74) is 0.587. The zero-order chi connectivity index (χ0) is 9.84. The van der Waals surface area contributed by atoms with E-state index in [1.54, 1.807) is 22.6 Å². The number of benzene rings is 1. The molecule has 0 bridgehead atoms. The average Bonchev–Trinajstić information content (AvgIpc) is 2.07. The number of carbonyl (C=O) groups is 1. The Hall–Kier alpha value is -0.910. The molecule has 0 aliphatic carbocycles. The van der Waals surface area contributed by atoms with E-state index >= 15 is 0 Å². The minimum Gasteiger partial charge on any atom is -0.505 e. The predicted molar refractivity (Wildman–Crippen MR) is 56.1 cm³/mol. The van der Waals surface area contributed by atoms with Gasteiger partial charge in [0, 0.05) is 22.6 Å². The van der Waals surface area contributed by atoms with Crippen LogP contribution in [-0.2, 0) is 4.79 Å². The van der Waals surface area contributed by atoms with Crippen molar-refractivity contribution in [3.8, 4) is 5.75 Å². The van der Waals surface area contributed by atoms with Crippen LogP contribution in [0.1, 0.15) is 5.56 Å². The highest BCUT2D eigenvalue weighted by Gasteiger charge is 1.98. The first-order chi connectivity index (χ1) is 6.09. The van der Waals surface area contributed by atoms with E-state index in [9.17, 15) is 9.18 Å². The van der Waals surface area contributed by atoms with E-state index in [0.717, 1.165) is 6.07 Å². The van der Waals surface area contributed by atoms with Crippen molar-refractivity contribution in [2.45, 2.75) is 0 Å². The highest BCUT2D eigenvalue weighted by molar-refractivity contribution is 14.1. The van der Waals surface area contributed by atoms with Gasteiger partial charge in [0.2, 0.25) is 3.79 Å². The molecule has 0 amide bonds. The highest BCUT2D eigenvalue weighted by atomic mass is 127. The summed E-state index contributed by atoms with van der Waals surface area (Å²) >= 11 is 1.62. The van der Waals surface area contributed by atoms with Gasteiger partial charge in [-0.15, -0.1) is 0 Å². The van der Waals surface area contributed by atoms with Gasteiger partial charge in [0.15, 0.2) is 11.6 Å². The Morgan fingerprint density at radius 1 is 1.54 bits per heavy atom. The minimum atomic E-state index is -0.669. The van der Waals surface area contributed by atoms with Gasteiger partial charge in [0.1, 0.15) is 0 Å². The largest absolute Gasteiger partial charge is 0.505 e. The second-order valence-corrected chi connectivity index (χ2v) is 3.41. The number of hydrogen-bond donors (Lipinski definition) is 1. The molecule has 0 saturated heterocycles. The molecule has 0 radical (unpaired) electrons. The molecule has 1 aromatic carbocycles. The third-order valence-electron chi connectivity index (χ3n) is 1.38. The number of rotatable bonds is 2. The molecule has 1 N–H and O–H groups in total. The van der Waals surface area contributed by atoms with Crippen molar-refractivity contribution in [3.05, 3.63) is 35.7 Å². The molecule has 0 aromatic heterocycles. The van der Waals surface area contributed by atoms with Crippen molar-refractivity contribution >= 4 is 32.5 Å². The minimum absolute atomic E-state index is 0.124. The van der Waals surface area contributed by atoms with E-state index in [1.807, 2.05) is 0 Å². The summed E-state index contributed by atoms with van der Waals surface area (Å²) in [7, 11) is 0. The number of aromatic hydroxyl groups is 1. The maximum absolute atomic E-state index is 12.6. The van der Waals surface area contributed by atoms with Crippen molar-refractivity contribution in [1.29, 1.82) is 0 Å². The first-order valence-corrected chi connectivity index (χ1v) is 4.53. The number of allylic oxidation sites excluding steroid dienone is 1. The van der Waals surface area contributed by atoms with Crippen LogP contribution in [0.2, 0.25) is 0 Å². The topological polar surface area (TPSA) is 37.3 Å². The van der Waals surface area contributed by atoms with Gasteiger partial charge in [-0.1, -0.05) is 12.1 Å². The first kappa shape index (κ1) is 10.2. The molecule has 0 unspecified atom stereocenters. The fraction of sp³-hybridized carbons (Fsp3) is 0. The van der Waals surface area contributed by atoms with Gasteiger partial charge in [0.05, 0.1) is 0 Å². The molecule has 0 aliphatic rings. The van der Waals surface area contributed by atoms with Crippen LogP contribution in [0.4, 0.5) is 4.39 Å². The van der Waals surface area contributed by atoms with Crippen LogP contribution in [0.3, 0.4) is 0 Å². The Balaban J connectivity index is 2.92. The summed E-state index contributed by atoms with van der Waals surface area (Å²) in [6.07, 6.45) is 2.85. The van der Waals surface area contributed by atoms with Gasteiger partial charge in [-0.25, -0.2) is 4.39 Å². The smallest absolute Gasteiger partial charge is 0.215 e. The molecule has 0 atom stereocenters. The van der Waals surface area contributed by atoms with Crippen molar-refractivity contribution < 1.29 is 14.3 Å². The number of phenolic OH excluding ortho intramolecular Hbond substituents is 1. The quantitative estimate of drug-likeness (QED) is 0.516. The maximum atomic E-state index is 12.6. The average molecular weight is 292 g/mol. The lowest BCUT2D eigenvalue weighted by Gasteiger charge is -1.95. The zero-order valence-electron chi connectivity index (χ0n) is 6.50. The number of halogens is 2. The number of carbonyl (C=O) groups excluding carboxylic acids is 1. The molecule has 0 saturated carbocycles. The second-order valence-electron chi connectivity index (χ2n) is 2.35. The Morgan fingerprint density at radius 3 is 2.77 bits per heavy atom. The van der Waals surface area contributed by atoms with Crippen LogP contribution < -0.4 is 0 Å². The van der Waals surface area contributed by atoms with Gasteiger partial charge in [0.25, 0.3) is 0 Å². The maximum Gasteiger partial charge on any atom is 0.215 e. The lowest BCUT2D eigenvalue weighted by molar-refractivity contribution is -0.105. The monoisotopic (exact) mass is 292 g/mol. The van der Waals surface area contributed by atoms with Gasteiger partial charge in [-0.05, 0) is 23.8 Å². The van der Waals surface area contributed by atoms with E-state index in [2.05, 4.69) is 0 Å². The summed E-state index contributed by atoms with van der Waals surface area (Å²) in [4.78, 5) is 10.5. The first-order valence-electron chi connectivity index (χ1n) is 3.45. The Kier molecular flexibility index (Phi) is 3.41. The Labute approximate surface area is 88.2 Å². The van der Waals surface area contributed by atoms with Gasteiger partial charge in [-0.3, -0.25) is 4.79 Å². The van der Waals surface area contributed by atoms with Gasteiger partial charge >= 0.3 is 0 Å². The van der Waals surface area contributed by atoms with Gasteiger partial charge in [-0.2, -0.15) is 0 Å². The van der Waals surface area contributed by atoms with Crippen molar-refractivity contribution in [2.24, 2.45) is 0 Å². The second kappa shape index (κ2) is 4.36. The standard InChI is InChI=1S/C9H6FIO2/c10-7-3-1-6(5-8(7)12)2-4-9(11)13/h1-5,12H/b4-2+. The van der Waals surface area contributed by atoms with Gasteiger partial charge < -0.3 is 5.11 Å². The van der Waals surface area contributed by atoms with E-state index in [4.69, 9.17) is 5.11 Å². The Bertz CT molecular complexity index is 361. The van der Waals surface area contributed by atoms with Crippen molar-refractivity contribution in [2.75, 3.05) is 0 Å². The highest BCUT2D eigenvalue weighted by Crippen LogP contribution is 2.17. The molecule has 0 fully saturated rings. The lowest BCUT2D eigenvalue weighted by Crippen LogP contribution is -1.79. The molecular weight excluding hydrogens is 286 g/mol. The van der Waals surface area contributed by atoms with E-state index in [0.29, 0.717) is 5.56 Å². The van der Waals surface area contributed by atoms with E-state index in [-0.39, 0.29) is 3.79 Å². The molecule has 0 heterocycles. The molecular formula is C9H6FIO2. The fourth-order valence-electron chi connectivity index (χ4n) is 0.795. The van der Waals surface area contributed by atoms with Crippen molar-refractivity contribution in [1.82, 2.24) is 0 Å². The molecule has 0 spiro atoms. The zero-order valence-corrected chi connectivity index (χ0v) is 8.66. The summed E-state index contributed by atoms with van der Waals surface area (Å²) in [6.45, 7) is 0. The molecule has 2 nitrogen and oxygen atoms in total. The normalized spacial score (nSPS) is 10.6. The molecule has 1 rings (SSSR count). The summed E-state index contributed by atoms with van der Waals surface area (Å²) < 4.78 is 12.4. The summed E-state index contributed by atoms with van der Waals surface area (Å²) in [5, 5.41) is 8.97. The molecule has 4 heteroatoms. The Morgan fingerprint density at radius 2 is 2.23 bits per heavy atom. The lowest BCUT2D eigenvalue weighted by atomic mass is 10.2. The number of phenols is 1.